The summed E-state index contributed by atoms with van der Waals surface area (Å²) in [5, 5.41) is 17.1. The number of aliphatic hydroxyl groups is 1. The van der Waals surface area contributed by atoms with Gasteiger partial charge in [-0.1, -0.05) is 54.1 Å². The zero-order valence-electron chi connectivity index (χ0n) is 12.6. The highest BCUT2D eigenvalue weighted by Gasteiger charge is 2.36. The van der Waals surface area contributed by atoms with Gasteiger partial charge < -0.3 is 10.4 Å². The molecule has 3 N–H and O–H groups in total. The van der Waals surface area contributed by atoms with Crippen LogP contribution in [0.2, 0.25) is 0 Å². The number of hydrogen-bond acceptors (Lipinski definition) is 3. The zero-order valence-corrected chi connectivity index (χ0v) is 12.6. The summed E-state index contributed by atoms with van der Waals surface area (Å²) in [6, 6.07) is 16.7. The number of hydrogen-bond donors (Lipinski definition) is 3. The summed E-state index contributed by atoms with van der Waals surface area (Å²) < 4.78 is 0. The van der Waals surface area contributed by atoms with Crippen LogP contribution in [0, 0.1) is 6.92 Å². The Kier molecular flexibility index (Phi) is 3.81. The third kappa shape index (κ3) is 2.86. The molecule has 3 rings (SSSR count). The molecule has 21 heavy (non-hydrogen) atoms. The summed E-state index contributed by atoms with van der Waals surface area (Å²) in [6.45, 7) is 5.65. The van der Waals surface area contributed by atoms with Crippen LogP contribution in [0.4, 0.5) is 0 Å². The normalized spacial score (nSPS) is 23.2. The zero-order chi connectivity index (χ0) is 14.9. The van der Waals surface area contributed by atoms with Crippen molar-refractivity contribution >= 4 is 0 Å². The van der Waals surface area contributed by atoms with Gasteiger partial charge in [-0.05, 0) is 30.5 Å². The van der Waals surface area contributed by atoms with Crippen molar-refractivity contribution in [3.8, 4) is 11.1 Å². The predicted molar refractivity (Wildman–Crippen MR) is 86.0 cm³/mol. The van der Waals surface area contributed by atoms with Gasteiger partial charge in [-0.2, -0.15) is 0 Å². The van der Waals surface area contributed by atoms with E-state index in [2.05, 4.69) is 54.0 Å². The maximum Gasteiger partial charge on any atom is 0.0981 e. The Morgan fingerprint density at radius 3 is 2.10 bits per heavy atom. The number of benzene rings is 2. The molecule has 1 heterocycles. The van der Waals surface area contributed by atoms with Crippen LogP contribution in [-0.4, -0.2) is 23.9 Å². The van der Waals surface area contributed by atoms with Crippen molar-refractivity contribution in [1.82, 2.24) is 10.6 Å². The minimum Gasteiger partial charge on any atom is -0.386 e. The van der Waals surface area contributed by atoms with E-state index in [9.17, 15) is 5.11 Å². The second kappa shape index (κ2) is 5.60. The van der Waals surface area contributed by atoms with E-state index >= 15 is 0 Å². The molecule has 3 heteroatoms. The average molecular weight is 282 g/mol. The van der Waals surface area contributed by atoms with Gasteiger partial charge in [0.05, 0.1) is 11.6 Å². The maximum absolute atomic E-state index is 10.6. The van der Waals surface area contributed by atoms with Crippen molar-refractivity contribution in [3.63, 3.8) is 0 Å². The monoisotopic (exact) mass is 282 g/mol. The van der Waals surface area contributed by atoms with Gasteiger partial charge in [0.2, 0.25) is 0 Å². The summed E-state index contributed by atoms with van der Waals surface area (Å²) >= 11 is 0. The smallest absolute Gasteiger partial charge is 0.0981 e. The molecule has 2 atom stereocenters. The molecular weight excluding hydrogens is 260 g/mol. The van der Waals surface area contributed by atoms with Crippen molar-refractivity contribution in [2.45, 2.75) is 25.5 Å². The van der Waals surface area contributed by atoms with Crippen LogP contribution in [0.15, 0.2) is 48.5 Å². The predicted octanol–water partition coefficient (Wildman–Crippen LogP) is 2.60. The van der Waals surface area contributed by atoms with Crippen molar-refractivity contribution in [1.29, 1.82) is 0 Å². The Morgan fingerprint density at radius 1 is 1.00 bits per heavy atom. The molecule has 0 bridgehead atoms. The van der Waals surface area contributed by atoms with Crippen LogP contribution in [0.25, 0.3) is 11.1 Å². The Balaban J connectivity index is 1.82. The number of aryl methyl sites for hydroxylation is 1. The third-order valence-electron chi connectivity index (χ3n) is 4.32. The summed E-state index contributed by atoms with van der Waals surface area (Å²) in [5.41, 5.74) is 4.29. The second-order valence-corrected chi connectivity index (χ2v) is 6.09. The Bertz CT molecular complexity index is 598. The highest BCUT2D eigenvalue weighted by Crippen LogP contribution is 2.29. The fourth-order valence-electron chi connectivity index (χ4n) is 2.81. The molecular formula is C18H22N2O. The minimum atomic E-state index is -0.514. The van der Waals surface area contributed by atoms with Crippen molar-refractivity contribution in [2.24, 2.45) is 0 Å². The molecule has 0 aromatic heterocycles. The molecule has 3 nitrogen and oxygen atoms in total. The molecule has 0 saturated carbocycles. The summed E-state index contributed by atoms with van der Waals surface area (Å²) in [5.74, 6) is 0. The van der Waals surface area contributed by atoms with Crippen molar-refractivity contribution in [2.75, 3.05) is 13.2 Å². The lowest BCUT2D eigenvalue weighted by Crippen LogP contribution is -2.45. The lowest BCUT2D eigenvalue weighted by molar-refractivity contribution is 0.0886. The van der Waals surface area contributed by atoms with E-state index < -0.39 is 6.10 Å². The van der Waals surface area contributed by atoms with Crippen LogP contribution in [0.3, 0.4) is 0 Å². The largest absolute Gasteiger partial charge is 0.386 e. The van der Waals surface area contributed by atoms with Crippen LogP contribution in [0.1, 0.15) is 24.2 Å². The van der Waals surface area contributed by atoms with Gasteiger partial charge in [0, 0.05) is 13.2 Å². The fraction of sp³-hybridized carbons (Fsp3) is 0.333. The van der Waals surface area contributed by atoms with E-state index in [0.717, 1.165) is 18.8 Å². The minimum absolute atomic E-state index is 0.300. The lowest BCUT2D eigenvalue weighted by Gasteiger charge is -2.30. The second-order valence-electron chi connectivity index (χ2n) is 6.09. The Morgan fingerprint density at radius 2 is 1.57 bits per heavy atom. The van der Waals surface area contributed by atoms with E-state index in [1.807, 2.05) is 19.1 Å². The SMILES string of the molecule is Cc1ccc(-c2ccc([C@H](O)[C@]3(C)CNCN3)cc2)cc1. The molecule has 0 spiro atoms. The molecule has 2 aromatic rings. The Hall–Kier alpha value is -1.68. The van der Waals surface area contributed by atoms with Gasteiger partial charge in [-0.25, -0.2) is 0 Å². The molecule has 1 aliphatic heterocycles. The molecule has 1 aliphatic rings. The summed E-state index contributed by atoms with van der Waals surface area (Å²) in [6.07, 6.45) is -0.514. The first-order valence-corrected chi connectivity index (χ1v) is 7.39. The van der Waals surface area contributed by atoms with Crippen molar-refractivity contribution in [3.05, 3.63) is 59.7 Å². The molecule has 0 radical (unpaired) electrons. The molecule has 1 saturated heterocycles. The maximum atomic E-state index is 10.6. The lowest BCUT2D eigenvalue weighted by atomic mass is 9.89. The standard InChI is InChI=1S/C18H22N2O/c1-13-3-5-14(6-4-13)15-7-9-16(10-8-15)17(21)18(2)11-19-12-20-18/h3-10,17,19-21H,11-12H2,1-2H3/t17-,18-/m0/s1. The molecule has 1 fully saturated rings. The van der Waals surface area contributed by atoms with E-state index in [-0.39, 0.29) is 5.54 Å². The van der Waals surface area contributed by atoms with E-state index in [0.29, 0.717) is 0 Å². The van der Waals surface area contributed by atoms with Gasteiger partial charge in [-0.3, -0.25) is 5.32 Å². The van der Waals surface area contributed by atoms with E-state index in [1.54, 1.807) is 0 Å². The van der Waals surface area contributed by atoms with Crippen molar-refractivity contribution < 1.29 is 5.11 Å². The topological polar surface area (TPSA) is 44.3 Å². The van der Waals surface area contributed by atoms with Crippen LogP contribution in [-0.2, 0) is 0 Å². The Labute approximate surface area is 126 Å². The van der Waals surface area contributed by atoms with Gasteiger partial charge >= 0.3 is 0 Å². The quantitative estimate of drug-likeness (QED) is 0.811. The fourth-order valence-corrected chi connectivity index (χ4v) is 2.81. The molecule has 2 aromatic carbocycles. The van der Waals surface area contributed by atoms with E-state index in [4.69, 9.17) is 0 Å². The molecule has 0 unspecified atom stereocenters. The molecule has 110 valence electrons. The summed E-state index contributed by atoms with van der Waals surface area (Å²) in [4.78, 5) is 0. The van der Waals surface area contributed by atoms with Gasteiger partial charge in [-0.15, -0.1) is 0 Å². The van der Waals surface area contributed by atoms with E-state index in [1.165, 1.54) is 16.7 Å². The number of rotatable bonds is 3. The number of nitrogens with one attached hydrogen (secondary N) is 2. The van der Waals surface area contributed by atoms with Gasteiger partial charge in [0.25, 0.3) is 0 Å². The highest BCUT2D eigenvalue weighted by atomic mass is 16.3. The third-order valence-corrected chi connectivity index (χ3v) is 4.32. The molecule has 0 aliphatic carbocycles. The average Bonchev–Trinajstić information content (AvgIpc) is 2.96. The van der Waals surface area contributed by atoms with Gasteiger partial charge in [0.1, 0.15) is 0 Å². The molecule has 0 amide bonds. The van der Waals surface area contributed by atoms with Gasteiger partial charge in [0.15, 0.2) is 0 Å². The first-order chi connectivity index (χ1) is 10.1. The first-order valence-electron chi connectivity index (χ1n) is 7.39. The highest BCUT2D eigenvalue weighted by molar-refractivity contribution is 5.64. The van der Waals surface area contributed by atoms with Crippen LogP contribution >= 0.6 is 0 Å². The van der Waals surface area contributed by atoms with Crippen LogP contribution < -0.4 is 10.6 Å². The van der Waals surface area contributed by atoms with Crippen LogP contribution in [0.5, 0.6) is 0 Å². The first kappa shape index (κ1) is 14.3. The summed E-state index contributed by atoms with van der Waals surface area (Å²) in [7, 11) is 0. The number of aliphatic hydroxyl groups excluding tert-OH is 1.